The molecule has 3 aromatic carbocycles. The summed E-state index contributed by atoms with van der Waals surface area (Å²) < 4.78 is 13.2. The van der Waals surface area contributed by atoms with Crippen LogP contribution in [0.15, 0.2) is 72.8 Å². The van der Waals surface area contributed by atoms with Crippen molar-refractivity contribution < 1.29 is 14.8 Å². The maximum atomic E-state index is 5.99. The van der Waals surface area contributed by atoms with Crippen LogP contribution in [0.3, 0.4) is 0 Å². The average molecular weight is 417 g/mol. The summed E-state index contributed by atoms with van der Waals surface area (Å²) >= 11 is 0. The molecular weight excluding hydrogens is 390 g/mol. The van der Waals surface area contributed by atoms with Crippen LogP contribution in [0, 0.1) is 6.92 Å². The molecule has 158 valence electrons. The highest BCUT2D eigenvalue weighted by molar-refractivity contribution is 5.43. The van der Waals surface area contributed by atoms with Crippen molar-refractivity contribution in [1.82, 2.24) is 20.2 Å². The molecule has 0 unspecified atom stereocenters. The van der Waals surface area contributed by atoms with Crippen LogP contribution < -0.4 is 14.8 Å². The van der Waals surface area contributed by atoms with E-state index < -0.39 is 0 Å². The molecule has 0 spiro atoms. The number of aromatic nitrogens is 4. The Balaban J connectivity index is 1.39. The zero-order valence-electron chi connectivity index (χ0n) is 17.7. The fraction of sp³-hybridized carbons (Fsp3) is 0.208. The third-order valence-corrected chi connectivity index (χ3v) is 5.00. The number of rotatable bonds is 9. The summed E-state index contributed by atoms with van der Waals surface area (Å²) in [6, 6.07) is 24.5. The Kier molecular flexibility index (Phi) is 6.54. The van der Waals surface area contributed by atoms with Crippen LogP contribution in [0.2, 0.25) is 0 Å². The van der Waals surface area contributed by atoms with E-state index in [1.807, 2.05) is 49.4 Å². The summed E-state index contributed by atoms with van der Waals surface area (Å²) in [6.07, 6.45) is 0. The summed E-state index contributed by atoms with van der Waals surface area (Å²) in [7, 11) is 1.65. The quantitative estimate of drug-likeness (QED) is 0.454. The maximum absolute atomic E-state index is 5.99. The van der Waals surface area contributed by atoms with Crippen LogP contribution in [-0.2, 0) is 19.7 Å². The molecule has 0 aliphatic heterocycles. The molecule has 0 fully saturated rings. The SMILES string of the molecule is COc1cc(C[NH2+]Cc2ccccc2)ccc1OCc1nnnn1-c1ccc(C)cc1. The Morgan fingerprint density at radius 2 is 1.65 bits per heavy atom. The van der Waals surface area contributed by atoms with E-state index in [1.54, 1.807) is 11.8 Å². The third kappa shape index (κ3) is 5.26. The fourth-order valence-corrected chi connectivity index (χ4v) is 3.30. The van der Waals surface area contributed by atoms with E-state index in [0.29, 0.717) is 17.3 Å². The summed E-state index contributed by atoms with van der Waals surface area (Å²) in [5.74, 6) is 1.97. The number of methoxy groups -OCH3 is 1. The molecule has 0 radical (unpaired) electrons. The topological polar surface area (TPSA) is 78.7 Å². The van der Waals surface area contributed by atoms with Gasteiger partial charge in [0, 0.05) is 11.1 Å². The van der Waals surface area contributed by atoms with E-state index in [1.165, 1.54) is 16.7 Å². The molecule has 0 aliphatic rings. The second-order valence-electron chi connectivity index (χ2n) is 7.30. The highest BCUT2D eigenvalue weighted by atomic mass is 16.5. The average Bonchev–Trinajstić information content (AvgIpc) is 3.28. The lowest BCUT2D eigenvalue weighted by molar-refractivity contribution is -0.686. The first-order valence-electron chi connectivity index (χ1n) is 10.2. The van der Waals surface area contributed by atoms with Gasteiger partial charge < -0.3 is 14.8 Å². The van der Waals surface area contributed by atoms with E-state index in [4.69, 9.17) is 9.47 Å². The summed E-state index contributed by atoms with van der Waals surface area (Å²) in [6.45, 7) is 4.07. The predicted octanol–water partition coefficient (Wildman–Crippen LogP) is 2.82. The van der Waals surface area contributed by atoms with Gasteiger partial charge in [-0.3, -0.25) is 0 Å². The van der Waals surface area contributed by atoms with Gasteiger partial charge in [-0.1, -0.05) is 48.0 Å². The molecule has 7 heteroatoms. The summed E-state index contributed by atoms with van der Waals surface area (Å²) in [5, 5.41) is 14.2. The zero-order valence-corrected chi connectivity index (χ0v) is 17.7. The van der Waals surface area contributed by atoms with Crippen molar-refractivity contribution in [3.8, 4) is 17.2 Å². The van der Waals surface area contributed by atoms with Crippen molar-refractivity contribution in [3.05, 3.63) is 95.3 Å². The minimum absolute atomic E-state index is 0.233. The summed E-state index contributed by atoms with van der Waals surface area (Å²) in [4.78, 5) is 0. The molecule has 0 bridgehead atoms. The van der Waals surface area contributed by atoms with Gasteiger partial charge in [0.25, 0.3) is 0 Å². The molecule has 0 aliphatic carbocycles. The van der Waals surface area contributed by atoms with Crippen LogP contribution in [0.1, 0.15) is 22.5 Å². The molecule has 0 amide bonds. The van der Waals surface area contributed by atoms with E-state index >= 15 is 0 Å². The fourth-order valence-electron chi connectivity index (χ4n) is 3.30. The van der Waals surface area contributed by atoms with Gasteiger partial charge in [-0.25, -0.2) is 0 Å². The lowest BCUT2D eigenvalue weighted by atomic mass is 10.2. The van der Waals surface area contributed by atoms with Crippen molar-refractivity contribution in [2.75, 3.05) is 7.11 Å². The Hall–Kier alpha value is -3.71. The third-order valence-electron chi connectivity index (χ3n) is 5.00. The van der Waals surface area contributed by atoms with Gasteiger partial charge in [0.2, 0.25) is 0 Å². The Morgan fingerprint density at radius 3 is 2.42 bits per heavy atom. The van der Waals surface area contributed by atoms with E-state index in [-0.39, 0.29) is 6.61 Å². The lowest BCUT2D eigenvalue weighted by Crippen LogP contribution is -2.80. The van der Waals surface area contributed by atoms with E-state index in [0.717, 1.165) is 18.8 Å². The van der Waals surface area contributed by atoms with Gasteiger partial charge in [0.15, 0.2) is 23.9 Å². The van der Waals surface area contributed by atoms with Crippen molar-refractivity contribution in [3.63, 3.8) is 0 Å². The van der Waals surface area contributed by atoms with Crippen LogP contribution in [-0.4, -0.2) is 27.3 Å². The van der Waals surface area contributed by atoms with Crippen LogP contribution in [0.25, 0.3) is 5.69 Å². The van der Waals surface area contributed by atoms with Crippen molar-refractivity contribution in [2.24, 2.45) is 0 Å². The Morgan fingerprint density at radius 1 is 0.871 bits per heavy atom. The van der Waals surface area contributed by atoms with E-state index in [9.17, 15) is 0 Å². The molecule has 0 saturated carbocycles. The molecule has 0 saturated heterocycles. The number of nitrogens with two attached hydrogens (primary N) is 1. The maximum Gasteiger partial charge on any atom is 0.194 e. The van der Waals surface area contributed by atoms with Gasteiger partial charge in [0.1, 0.15) is 13.1 Å². The zero-order chi connectivity index (χ0) is 21.5. The lowest BCUT2D eigenvalue weighted by Gasteiger charge is -2.12. The first kappa shape index (κ1) is 20.6. The highest BCUT2D eigenvalue weighted by Crippen LogP contribution is 2.28. The van der Waals surface area contributed by atoms with Crippen molar-refractivity contribution in [1.29, 1.82) is 0 Å². The Labute approximate surface area is 181 Å². The number of benzene rings is 3. The highest BCUT2D eigenvalue weighted by Gasteiger charge is 2.12. The predicted molar refractivity (Wildman–Crippen MR) is 117 cm³/mol. The van der Waals surface area contributed by atoms with Crippen molar-refractivity contribution in [2.45, 2.75) is 26.6 Å². The molecule has 1 heterocycles. The van der Waals surface area contributed by atoms with Crippen LogP contribution >= 0.6 is 0 Å². The molecule has 2 N–H and O–H groups in total. The number of nitrogens with zero attached hydrogens (tertiary/aromatic N) is 4. The number of hydrogen-bond donors (Lipinski definition) is 1. The number of hydrogen-bond acceptors (Lipinski definition) is 5. The monoisotopic (exact) mass is 416 g/mol. The molecule has 1 aromatic heterocycles. The molecule has 4 aromatic rings. The standard InChI is InChI=1S/C24H25N5O2/c1-18-8-11-21(12-9-18)29-24(26-27-28-29)17-31-22-13-10-20(14-23(22)30-2)16-25-15-19-6-4-3-5-7-19/h3-14,25H,15-17H2,1-2H3/p+1. The molecule has 7 nitrogen and oxygen atoms in total. The molecular formula is C24H26N5O2+. The second kappa shape index (κ2) is 9.86. The van der Waals surface area contributed by atoms with Gasteiger partial charge in [-0.2, -0.15) is 4.68 Å². The van der Waals surface area contributed by atoms with Gasteiger partial charge in [0.05, 0.1) is 12.8 Å². The molecule has 4 rings (SSSR count). The van der Waals surface area contributed by atoms with Gasteiger partial charge in [-0.05, 0) is 47.7 Å². The van der Waals surface area contributed by atoms with Crippen molar-refractivity contribution >= 4 is 0 Å². The first-order chi connectivity index (χ1) is 15.2. The van der Waals surface area contributed by atoms with Gasteiger partial charge in [-0.15, -0.1) is 5.10 Å². The largest absolute Gasteiger partial charge is 0.493 e. The summed E-state index contributed by atoms with van der Waals surface area (Å²) in [5.41, 5.74) is 4.55. The second-order valence-corrected chi connectivity index (χ2v) is 7.30. The first-order valence-corrected chi connectivity index (χ1v) is 10.2. The Bertz CT molecular complexity index is 1110. The van der Waals surface area contributed by atoms with E-state index in [2.05, 4.69) is 51.2 Å². The number of quaternary nitrogens is 1. The van der Waals surface area contributed by atoms with Crippen LogP contribution in [0.4, 0.5) is 0 Å². The molecule has 0 atom stereocenters. The minimum Gasteiger partial charge on any atom is -0.493 e. The number of tetrazole rings is 1. The normalized spacial score (nSPS) is 10.8. The number of ether oxygens (including phenoxy) is 2. The number of aryl methyl sites for hydroxylation is 1. The smallest absolute Gasteiger partial charge is 0.194 e. The minimum atomic E-state index is 0.233. The van der Waals surface area contributed by atoms with Gasteiger partial charge >= 0.3 is 0 Å². The van der Waals surface area contributed by atoms with Crippen LogP contribution in [0.5, 0.6) is 11.5 Å². The molecule has 31 heavy (non-hydrogen) atoms.